The van der Waals surface area contributed by atoms with Crippen LogP contribution < -0.4 is 16.0 Å². The van der Waals surface area contributed by atoms with Crippen LogP contribution in [0.3, 0.4) is 0 Å². The van der Waals surface area contributed by atoms with E-state index in [4.69, 9.17) is 0 Å². The summed E-state index contributed by atoms with van der Waals surface area (Å²) < 4.78 is 0. The molecule has 0 aliphatic carbocycles. The molecule has 21 heavy (non-hydrogen) atoms. The Morgan fingerprint density at radius 2 is 0.857 bits per heavy atom. The summed E-state index contributed by atoms with van der Waals surface area (Å²) in [5.74, 6) is -0.541. The van der Waals surface area contributed by atoms with Crippen molar-refractivity contribution in [1.29, 1.82) is 0 Å². The van der Waals surface area contributed by atoms with Crippen LogP contribution in [0, 0.1) is 0 Å². The van der Waals surface area contributed by atoms with Crippen LogP contribution in [0.15, 0.2) is 36.5 Å². The quantitative estimate of drug-likeness (QED) is 0.595. The van der Waals surface area contributed by atoms with Crippen LogP contribution in [0.25, 0.3) is 0 Å². The number of amides is 3. The lowest BCUT2D eigenvalue weighted by Crippen LogP contribution is -2.24. The molecule has 0 saturated carbocycles. The topological polar surface area (TPSA) is 87.3 Å². The number of carbonyl (C=O) groups is 3. The van der Waals surface area contributed by atoms with Gasteiger partial charge in [0.25, 0.3) is 0 Å². The molecule has 1 rings (SSSR count). The Labute approximate surface area is 124 Å². The van der Waals surface area contributed by atoms with E-state index in [1.807, 2.05) is 0 Å². The molecule has 0 aromatic rings. The largest absolute Gasteiger partial charge is 0.352 e. The number of carbonyl (C=O) groups excluding carboxylic acids is 3. The van der Waals surface area contributed by atoms with Gasteiger partial charge in [0.05, 0.1) is 0 Å². The van der Waals surface area contributed by atoms with Gasteiger partial charge in [0.15, 0.2) is 0 Å². The van der Waals surface area contributed by atoms with Crippen LogP contribution >= 0.6 is 0 Å². The lowest BCUT2D eigenvalue weighted by atomic mass is 10.3. The van der Waals surface area contributed by atoms with Crippen molar-refractivity contribution in [2.75, 3.05) is 19.6 Å². The molecule has 0 atom stereocenters. The third-order valence-electron chi connectivity index (χ3n) is 2.64. The van der Waals surface area contributed by atoms with Crippen molar-refractivity contribution >= 4 is 17.7 Å². The maximum Gasteiger partial charge on any atom is 0.243 e. The van der Waals surface area contributed by atoms with Gasteiger partial charge >= 0.3 is 0 Å². The molecule has 0 spiro atoms. The van der Waals surface area contributed by atoms with Crippen LogP contribution in [0.2, 0.25) is 0 Å². The molecule has 1 aliphatic heterocycles. The van der Waals surface area contributed by atoms with E-state index in [9.17, 15) is 14.4 Å². The smallest absolute Gasteiger partial charge is 0.243 e. The molecule has 3 amide bonds. The van der Waals surface area contributed by atoms with Gasteiger partial charge in [-0.1, -0.05) is 18.2 Å². The van der Waals surface area contributed by atoms with Gasteiger partial charge < -0.3 is 16.0 Å². The van der Waals surface area contributed by atoms with Gasteiger partial charge in [-0.15, -0.1) is 0 Å². The highest BCUT2D eigenvalue weighted by molar-refractivity contribution is 5.88. The highest BCUT2D eigenvalue weighted by atomic mass is 16.2. The summed E-state index contributed by atoms with van der Waals surface area (Å²) >= 11 is 0. The van der Waals surface area contributed by atoms with E-state index in [0.717, 1.165) is 0 Å². The molecule has 0 fully saturated rings. The lowest BCUT2D eigenvalue weighted by molar-refractivity contribution is -0.117. The molecule has 0 radical (unpaired) electrons. The van der Waals surface area contributed by atoms with Crippen molar-refractivity contribution in [3.05, 3.63) is 36.5 Å². The molecule has 6 heteroatoms. The van der Waals surface area contributed by atoms with Crippen LogP contribution in [0.4, 0.5) is 0 Å². The summed E-state index contributed by atoms with van der Waals surface area (Å²) in [6.07, 6.45) is 11.3. The summed E-state index contributed by atoms with van der Waals surface area (Å²) in [6, 6.07) is 0. The van der Waals surface area contributed by atoms with Crippen LogP contribution in [0.5, 0.6) is 0 Å². The Bertz CT molecular complexity index is 387. The van der Waals surface area contributed by atoms with E-state index in [1.54, 1.807) is 18.2 Å². The minimum atomic E-state index is -0.180. The summed E-state index contributed by atoms with van der Waals surface area (Å²) in [5.41, 5.74) is 0. The molecule has 1 heterocycles. The zero-order chi connectivity index (χ0) is 15.3. The lowest BCUT2D eigenvalue weighted by Gasteiger charge is -2.01. The second-order valence-corrected chi connectivity index (χ2v) is 4.45. The monoisotopic (exact) mass is 291 g/mol. The summed E-state index contributed by atoms with van der Waals surface area (Å²) in [7, 11) is 0. The van der Waals surface area contributed by atoms with Gasteiger partial charge in [0, 0.05) is 19.6 Å². The van der Waals surface area contributed by atoms with E-state index in [0.29, 0.717) is 38.9 Å². The number of nitrogens with one attached hydrogen (secondary N) is 3. The van der Waals surface area contributed by atoms with Crippen LogP contribution in [-0.4, -0.2) is 37.4 Å². The minimum Gasteiger partial charge on any atom is -0.352 e. The first-order valence-corrected chi connectivity index (χ1v) is 7.01. The van der Waals surface area contributed by atoms with Gasteiger partial charge in [-0.05, 0) is 37.5 Å². The second-order valence-electron chi connectivity index (χ2n) is 4.45. The van der Waals surface area contributed by atoms with Crippen molar-refractivity contribution in [1.82, 2.24) is 16.0 Å². The van der Waals surface area contributed by atoms with Gasteiger partial charge in [-0.2, -0.15) is 0 Å². The zero-order valence-electron chi connectivity index (χ0n) is 11.9. The van der Waals surface area contributed by atoms with Crippen molar-refractivity contribution in [2.45, 2.75) is 19.3 Å². The van der Waals surface area contributed by atoms with Crippen molar-refractivity contribution in [3.63, 3.8) is 0 Å². The molecule has 0 bridgehead atoms. The van der Waals surface area contributed by atoms with Gasteiger partial charge in [0.2, 0.25) is 17.7 Å². The van der Waals surface area contributed by atoms with Crippen molar-refractivity contribution < 1.29 is 14.4 Å². The predicted octanol–water partition coefficient (Wildman–Crippen LogP) is 0.188. The normalized spacial score (nSPS) is 23.7. The van der Waals surface area contributed by atoms with Gasteiger partial charge in [-0.25, -0.2) is 0 Å². The molecular weight excluding hydrogens is 270 g/mol. The Kier molecular flexibility index (Phi) is 8.28. The van der Waals surface area contributed by atoms with E-state index in [-0.39, 0.29) is 17.7 Å². The maximum atomic E-state index is 11.4. The number of hydrogen-bond acceptors (Lipinski definition) is 3. The molecule has 0 saturated heterocycles. The number of rotatable bonds is 0. The predicted molar refractivity (Wildman–Crippen MR) is 80.3 cm³/mol. The molecule has 3 N–H and O–H groups in total. The van der Waals surface area contributed by atoms with Gasteiger partial charge in [-0.3, -0.25) is 14.4 Å². The molecule has 114 valence electrons. The Balaban J connectivity index is 2.50. The first kappa shape index (κ1) is 16.7. The van der Waals surface area contributed by atoms with E-state index in [1.165, 1.54) is 18.2 Å². The molecule has 0 aromatic carbocycles. The summed E-state index contributed by atoms with van der Waals surface area (Å²) in [4.78, 5) is 34.2. The van der Waals surface area contributed by atoms with Crippen molar-refractivity contribution in [3.8, 4) is 0 Å². The fraction of sp³-hybridized carbons (Fsp3) is 0.400. The summed E-state index contributed by atoms with van der Waals surface area (Å²) in [6.45, 7) is 1.44. The highest BCUT2D eigenvalue weighted by Gasteiger charge is 1.97. The third kappa shape index (κ3) is 9.21. The molecular formula is C15H21N3O3. The van der Waals surface area contributed by atoms with Crippen molar-refractivity contribution in [2.24, 2.45) is 0 Å². The number of hydrogen-bond donors (Lipinski definition) is 3. The average Bonchev–Trinajstić information content (AvgIpc) is 2.45. The molecule has 0 unspecified atom stereocenters. The average molecular weight is 291 g/mol. The fourth-order valence-corrected chi connectivity index (χ4v) is 1.58. The van der Waals surface area contributed by atoms with E-state index < -0.39 is 0 Å². The Morgan fingerprint density at radius 3 is 1.14 bits per heavy atom. The third-order valence-corrected chi connectivity index (χ3v) is 2.64. The molecule has 0 aromatic heterocycles. The second kappa shape index (κ2) is 10.4. The van der Waals surface area contributed by atoms with E-state index >= 15 is 0 Å². The minimum absolute atomic E-state index is 0.180. The maximum absolute atomic E-state index is 11.4. The fourth-order valence-electron chi connectivity index (χ4n) is 1.58. The Morgan fingerprint density at radius 1 is 0.571 bits per heavy atom. The molecule has 6 nitrogen and oxygen atoms in total. The highest BCUT2D eigenvalue weighted by Crippen LogP contribution is 1.87. The zero-order valence-corrected chi connectivity index (χ0v) is 11.9. The summed E-state index contributed by atoms with van der Waals surface area (Å²) in [5, 5.41) is 8.11. The van der Waals surface area contributed by atoms with Gasteiger partial charge in [0.1, 0.15) is 0 Å². The van der Waals surface area contributed by atoms with Crippen LogP contribution in [0.1, 0.15) is 19.3 Å². The first-order valence-electron chi connectivity index (χ1n) is 7.01. The standard InChI is InChI=1S/C15H21N3O3/c19-13-7-1-4-10-16-14(20)8-3-6-12-18-15(21)9-2-5-11-17-13/h1-3,7-9H,4-6,10-12H2,(H,16,20)(H,17,19)(H,18,21)/b7-1+,8-3+,9-2+. The molecule has 1 aliphatic rings. The SMILES string of the molecule is O=C1/C=C/CCNC(=O)/C=C/CCNC(=O)/C=C/CCN1. The Hall–Kier alpha value is -2.37. The van der Waals surface area contributed by atoms with E-state index in [2.05, 4.69) is 16.0 Å². The van der Waals surface area contributed by atoms with Crippen LogP contribution in [-0.2, 0) is 14.4 Å². The first-order chi connectivity index (χ1) is 10.2.